The first-order valence-electron chi connectivity index (χ1n) is 5.30. The molecule has 18 heavy (non-hydrogen) atoms. The van der Waals surface area contributed by atoms with Gasteiger partial charge < -0.3 is 15.5 Å². The van der Waals surface area contributed by atoms with Crippen molar-refractivity contribution < 1.29 is 9.53 Å². The van der Waals surface area contributed by atoms with E-state index in [1.807, 2.05) is 0 Å². The average Bonchev–Trinajstić information content (AvgIpc) is 2.84. The van der Waals surface area contributed by atoms with Crippen molar-refractivity contribution in [1.82, 2.24) is 15.0 Å². The van der Waals surface area contributed by atoms with Gasteiger partial charge in [-0.3, -0.25) is 0 Å². The summed E-state index contributed by atoms with van der Waals surface area (Å²) in [6.45, 7) is 2.05. The number of pyridine rings is 1. The van der Waals surface area contributed by atoms with Gasteiger partial charge in [-0.05, 0) is 24.8 Å². The fraction of sp³-hybridized carbons (Fsp3) is 0.182. The standard InChI is InChI=1S/C11H12N4O2S/c1-2-17-10(16)8-5-7(12)6-15-9(8)18-11-13-3-4-14-11/h3-6H,2,12H2,1H3,(H,13,14). The summed E-state index contributed by atoms with van der Waals surface area (Å²) in [5, 5.41) is 1.16. The summed E-state index contributed by atoms with van der Waals surface area (Å²) >= 11 is 1.25. The number of rotatable bonds is 4. The van der Waals surface area contributed by atoms with Crippen LogP contribution in [0.4, 0.5) is 5.69 Å². The molecule has 2 heterocycles. The van der Waals surface area contributed by atoms with Gasteiger partial charge in [0, 0.05) is 12.4 Å². The molecule has 2 aromatic heterocycles. The van der Waals surface area contributed by atoms with Crippen molar-refractivity contribution >= 4 is 23.4 Å². The van der Waals surface area contributed by atoms with E-state index in [9.17, 15) is 4.79 Å². The van der Waals surface area contributed by atoms with E-state index in [-0.39, 0.29) is 0 Å². The van der Waals surface area contributed by atoms with Crippen molar-refractivity contribution in [1.29, 1.82) is 0 Å². The van der Waals surface area contributed by atoms with Crippen LogP contribution in [0, 0.1) is 0 Å². The Hall–Kier alpha value is -2.02. The lowest BCUT2D eigenvalue weighted by atomic mass is 10.3. The number of nitrogen functional groups attached to an aromatic ring is 1. The van der Waals surface area contributed by atoms with E-state index in [1.165, 1.54) is 18.0 Å². The maximum atomic E-state index is 11.8. The number of aromatic nitrogens is 3. The second kappa shape index (κ2) is 5.54. The van der Waals surface area contributed by atoms with E-state index in [2.05, 4.69) is 15.0 Å². The maximum absolute atomic E-state index is 11.8. The molecule has 0 atom stereocenters. The fourth-order valence-corrected chi connectivity index (χ4v) is 2.08. The van der Waals surface area contributed by atoms with E-state index in [4.69, 9.17) is 10.5 Å². The van der Waals surface area contributed by atoms with E-state index in [1.54, 1.807) is 25.4 Å². The number of hydrogen-bond donors (Lipinski definition) is 2. The van der Waals surface area contributed by atoms with Gasteiger partial charge in [0.2, 0.25) is 0 Å². The Kier molecular flexibility index (Phi) is 3.83. The lowest BCUT2D eigenvalue weighted by Crippen LogP contribution is -2.08. The summed E-state index contributed by atoms with van der Waals surface area (Å²) in [5.41, 5.74) is 6.40. The van der Waals surface area contributed by atoms with Crippen molar-refractivity contribution in [2.45, 2.75) is 17.1 Å². The van der Waals surface area contributed by atoms with Crippen LogP contribution < -0.4 is 5.73 Å². The summed E-state index contributed by atoms with van der Waals surface area (Å²) in [5.74, 6) is -0.439. The summed E-state index contributed by atoms with van der Waals surface area (Å²) in [6.07, 6.45) is 4.82. The SMILES string of the molecule is CCOC(=O)c1cc(N)cnc1Sc1ncc[nH]1. The number of esters is 1. The summed E-state index contributed by atoms with van der Waals surface area (Å²) in [4.78, 5) is 22.9. The highest BCUT2D eigenvalue weighted by atomic mass is 32.2. The van der Waals surface area contributed by atoms with Gasteiger partial charge in [0.1, 0.15) is 5.03 Å². The predicted octanol–water partition coefficient (Wildman–Crippen LogP) is 1.71. The molecule has 94 valence electrons. The molecule has 0 aliphatic carbocycles. The second-order valence-electron chi connectivity index (χ2n) is 3.34. The van der Waals surface area contributed by atoms with E-state index >= 15 is 0 Å². The molecule has 0 aliphatic heterocycles. The molecule has 3 N–H and O–H groups in total. The van der Waals surface area contributed by atoms with E-state index in [0.717, 1.165) is 0 Å². The molecule has 0 bridgehead atoms. The van der Waals surface area contributed by atoms with E-state index < -0.39 is 5.97 Å². The second-order valence-corrected chi connectivity index (χ2v) is 4.32. The van der Waals surface area contributed by atoms with Gasteiger partial charge in [-0.25, -0.2) is 14.8 Å². The molecular weight excluding hydrogens is 252 g/mol. The lowest BCUT2D eigenvalue weighted by molar-refractivity contribution is 0.0521. The molecule has 0 fully saturated rings. The third-order valence-corrected chi connectivity index (χ3v) is 2.97. The molecule has 0 amide bonds. The van der Waals surface area contributed by atoms with E-state index in [0.29, 0.717) is 28.0 Å². The van der Waals surface area contributed by atoms with Crippen LogP contribution in [-0.2, 0) is 4.74 Å². The van der Waals surface area contributed by atoms with Gasteiger partial charge in [0.05, 0.1) is 24.1 Å². The Morgan fingerprint density at radius 1 is 1.56 bits per heavy atom. The first-order chi connectivity index (χ1) is 8.70. The quantitative estimate of drug-likeness (QED) is 0.816. The normalized spacial score (nSPS) is 10.3. The number of H-pyrrole nitrogens is 1. The lowest BCUT2D eigenvalue weighted by Gasteiger charge is -2.07. The number of nitrogens with one attached hydrogen (secondary N) is 1. The van der Waals surface area contributed by atoms with Gasteiger partial charge in [-0.2, -0.15) is 0 Å². The number of nitrogens with two attached hydrogens (primary N) is 1. The predicted molar refractivity (Wildman–Crippen MR) is 67.3 cm³/mol. The minimum atomic E-state index is -0.439. The zero-order chi connectivity index (χ0) is 13.0. The Bertz CT molecular complexity index is 542. The summed E-state index contributed by atoms with van der Waals surface area (Å²) in [7, 11) is 0. The Labute approximate surface area is 108 Å². The molecule has 0 aliphatic rings. The van der Waals surface area contributed by atoms with Gasteiger partial charge >= 0.3 is 5.97 Å². The first kappa shape index (κ1) is 12.4. The minimum absolute atomic E-state index is 0.304. The van der Waals surface area contributed by atoms with Gasteiger partial charge in [-0.15, -0.1) is 0 Å². The first-order valence-corrected chi connectivity index (χ1v) is 6.12. The molecule has 7 heteroatoms. The largest absolute Gasteiger partial charge is 0.462 e. The van der Waals surface area contributed by atoms with Crippen molar-refractivity contribution in [3.63, 3.8) is 0 Å². The van der Waals surface area contributed by atoms with Crippen LogP contribution in [-0.4, -0.2) is 27.5 Å². The molecule has 0 unspecified atom stereocenters. The number of carbonyl (C=O) groups is 1. The van der Waals surface area contributed by atoms with Crippen molar-refractivity contribution in [2.75, 3.05) is 12.3 Å². The van der Waals surface area contributed by atoms with Crippen LogP contribution in [0.3, 0.4) is 0 Å². The van der Waals surface area contributed by atoms with Crippen LogP contribution in [0.15, 0.2) is 34.8 Å². The average molecular weight is 264 g/mol. The van der Waals surface area contributed by atoms with Gasteiger partial charge in [0.25, 0.3) is 0 Å². The Morgan fingerprint density at radius 3 is 3.06 bits per heavy atom. The molecule has 0 saturated heterocycles. The fourth-order valence-electron chi connectivity index (χ4n) is 1.30. The third-order valence-electron chi connectivity index (χ3n) is 2.03. The molecule has 0 saturated carbocycles. The molecule has 6 nitrogen and oxygen atoms in total. The number of carbonyl (C=O) groups excluding carboxylic acids is 1. The number of hydrogen-bond acceptors (Lipinski definition) is 6. The van der Waals surface area contributed by atoms with Crippen LogP contribution >= 0.6 is 11.8 Å². The number of nitrogens with zero attached hydrogens (tertiary/aromatic N) is 2. The molecular formula is C11H12N4O2S. The molecule has 0 spiro atoms. The summed E-state index contributed by atoms with van der Waals surface area (Å²) < 4.78 is 4.96. The number of aromatic amines is 1. The summed E-state index contributed by atoms with van der Waals surface area (Å²) in [6, 6.07) is 1.55. The number of anilines is 1. The van der Waals surface area contributed by atoms with Crippen molar-refractivity contribution in [2.24, 2.45) is 0 Å². The number of imidazole rings is 1. The van der Waals surface area contributed by atoms with Gasteiger partial charge in [0.15, 0.2) is 5.16 Å². The third kappa shape index (κ3) is 2.80. The number of ether oxygens (including phenoxy) is 1. The monoisotopic (exact) mass is 264 g/mol. The topological polar surface area (TPSA) is 93.9 Å². The zero-order valence-corrected chi connectivity index (χ0v) is 10.5. The van der Waals surface area contributed by atoms with Gasteiger partial charge in [-0.1, -0.05) is 0 Å². The van der Waals surface area contributed by atoms with Crippen molar-refractivity contribution in [3.05, 3.63) is 30.2 Å². The molecule has 2 aromatic rings. The molecule has 0 radical (unpaired) electrons. The maximum Gasteiger partial charge on any atom is 0.340 e. The smallest absolute Gasteiger partial charge is 0.340 e. The molecule has 0 aromatic carbocycles. The highest BCUT2D eigenvalue weighted by Gasteiger charge is 2.16. The van der Waals surface area contributed by atoms with Crippen molar-refractivity contribution in [3.8, 4) is 0 Å². The zero-order valence-electron chi connectivity index (χ0n) is 9.71. The Balaban J connectivity index is 2.31. The molecule has 2 rings (SSSR count). The highest BCUT2D eigenvalue weighted by Crippen LogP contribution is 2.27. The highest BCUT2D eigenvalue weighted by molar-refractivity contribution is 7.99. The minimum Gasteiger partial charge on any atom is -0.462 e. The Morgan fingerprint density at radius 2 is 2.39 bits per heavy atom. The van der Waals surface area contributed by atoms with Crippen LogP contribution in [0.25, 0.3) is 0 Å². The van der Waals surface area contributed by atoms with Crippen LogP contribution in [0.1, 0.15) is 17.3 Å². The van der Waals surface area contributed by atoms with Crippen LogP contribution in [0.2, 0.25) is 0 Å². The van der Waals surface area contributed by atoms with Crippen LogP contribution in [0.5, 0.6) is 0 Å².